The third kappa shape index (κ3) is 5.43. The van der Waals surface area contributed by atoms with Gasteiger partial charge in [-0.1, -0.05) is 4.39 Å². The van der Waals surface area contributed by atoms with Crippen LogP contribution in [-0.4, -0.2) is 38.4 Å². The van der Waals surface area contributed by atoms with Crippen molar-refractivity contribution in [1.82, 2.24) is 0 Å². The molecule has 0 amide bonds. The van der Waals surface area contributed by atoms with Crippen LogP contribution in [0.4, 0.5) is 17.7 Å². The van der Waals surface area contributed by atoms with Crippen molar-refractivity contribution in [2.75, 3.05) is 13.2 Å². The van der Waals surface area contributed by atoms with Gasteiger partial charge in [0.05, 0.1) is 13.2 Å². The first-order valence-corrected chi connectivity index (χ1v) is 4.56. The van der Waals surface area contributed by atoms with E-state index in [1.54, 1.807) is 0 Å². The normalized spacial score (nSPS) is 14.5. The van der Waals surface area contributed by atoms with E-state index in [1.807, 2.05) is 4.39 Å². The van der Waals surface area contributed by atoms with E-state index in [0.29, 0.717) is 0 Å². The largest absolute Gasteiger partial charge is 1.00 e. The zero-order valence-electron chi connectivity index (χ0n) is 8.49. The fraction of sp³-hybridized carbons (Fsp3) is 1.00. The standard InChI is InChI=1S/C4H6F4O5S.Na.H/c5-3(14(10,11)13-8)4(6,7)12-2-1-9;;/h3,9H,1-2H2;;/q;+1;-1. The van der Waals surface area contributed by atoms with Gasteiger partial charge < -0.3 is 11.3 Å². The maximum absolute atomic E-state index is 12.4. The molecule has 0 aliphatic rings. The van der Waals surface area contributed by atoms with Crippen molar-refractivity contribution in [2.24, 2.45) is 0 Å². The molecule has 0 aromatic carbocycles. The summed E-state index contributed by atoms with van der Waals surface area (Å²) in [7, 11) is -5.68. The summed E-state index contributed by atoms with van der Waals surface area (Å²) >= 11 is 0. The molecule has 0 rings (SSSR count). The van der Waals surface area contributed by atoms with Gasteiger partial charge in [0.2, 0.25) is 0 Å². The Morgan fingerprint density at radius 2 is 1.93 bits per heavy atom. The number of hydrogen-bond donors (Lipinski definition) is 1. The predicted molar refractivity (Wildman–Crippen MR) is 35.1 cm³/mol. The molecule has 0 heterocycles. The molecule has 0 bridgehead atoms. The summed E-state index contributed by atoms with van der Waals surface area (Å²) in [5.41, 5.74) is -3.99. The fourth-order valence-electron chi connectivity index (χ4n) is 0.447. The molecule has 0 saturated carbocycles. The molecule has 5 nitrogen and oxygen atoms in total. The number of aliphatic hydroxyl groups excluding tert-OH is 1. The Hall–Kier alpha value is 0.550. The molecule has 0 saturated heterocycles. The van der Waals surface area contributed by atoms with Crippen molar-refractivity contribution < 1.29 is 71.3 Å². The van der Waals surface area contributed by atoms with Gasteiger partial charge in [0.15, 0.2) is 0 Å². The van der Waals surface area contributed by atoms with Gasteiger partial charge in [-0.3, -0.25) is 0 Å². The van der Waals surface area contributed by atoms with E-state index in [4.69, 9.17) is 5.11 Å². The molecule has 15 heavy (non-hydrogen) atoms. The van der Waals surface area contributed by atoms with Crippen LogP contribution in [0.5, 0.6) is 0 Å². The first-order valence-electron chi connectivity index (χ1n) is 3.08. The van der Waals surface area contributed by atoms with Gasteiger partial charge >= 0.3 is 51.3 Å². The molecule has 1 atom stereocenters. The minimum Gasteiger partial charge on any atom is -1.00 e. The van der Waals surface area contributed by atoms with Gasteiger partial charge in [0, 0.05) is 0 Å². The Morgan fingerprint density at radius 3 is 2.27 bits per heavy atom. The van der Waals surface area contributed by atoms with Crippen molar-refractivity contribution in [3.8, 4) is 0 Å². The molecule has 0 aromatic rings. The van der Waals surface area contributed by atoms with E-state index in [-0.39, 0.29) is 31.0 Å². The van der Waals surface area contributed by atoms with Crippen molar-refractivity contribution in [3.05, 3.63) is 0 Å². The number of hydrogen-bond acceptors (Lipinski definition) is 5. The van der Waals surface area contributed by atoms with Gasteiger partial charge in [-0.2, -0.15) is 17.2 Å². The van der Waals surface area contributed by atoms with Gasteiger partial charge in [0.1, 0.15) is 0 Å². The van der Waals surface area contributed by atoms with Crippen LogP contribution in [0.1, 0.15) is 1.43 Å². The topological polar surface area (TPSA) is 72.8 Å². The number of aliphatic hydroxyl groups is 1. The average molecular weight is 266 g/mol. The summed E-state index contributed by atoms with van der Waals surface area (Å²) < 4.78 is 73.8. The summed E-state index contributed by atoms with van der Waals surface area (Å²) in [6, 6.07) is 0. The second-order valence-electron chi connectivity index (χ2n) is 2.01. The Labute approximate surface area is 106 Å². The fourth-order valence-corrected chi connectivity index (χ4v) is 0.915. The maximum atomic E-state index is 12.4. The van der Waals surface area contributed by atoms with Gasteiger partial charge in [-0.15, -0.1) is 0 Å². The Morgan fingerprint density at radius 1 is 1.47 bits per heavy atom. The minimum absolute atomic E-state index is 0. The van der Waals surface area contributed by atoms with E-state index < -0.39 is 34.9 Å². The molecule has 0 spiro atoms. The third-order valence-corrected chi connectivity index (χ3v) is 1.95. The Bertz CT molecular complexity index is 276. The van der Waals surface area contributed by atoms with Gasteiger partial charge in [-0.25, -0.2) is 4.39 Å². The number of alkyl halides is 3. The number of halogens is 4. The monoisotopic (exact) mass is 266 g/mol. The molecular weight excluding hydrogens is 259 g/mol. The zero-order chi connectivity index (χ0) is 11.4. The first kappa shape index (κ1) is 17.9. The third-order valence-electron chi connectivity index (χ3n) is 0.991. The van der Waals surface area contributed by atoms with Crippen molar-refractivity contribution in [1.29, 1.82) is 0 Å². The molecule has 88 valence electrons. The summed E-state index contributed by atoms with van der Waals surface area (Å²) in [6.07, 6.45) is -4.78. The van der Waals surface area contributed by atoms with E-state index in [2.05, 4.69) is 4.74 Å². The summed E-state index contributed by atoms with van der Waals surface area (Å²) in [5.74, 6) is 0. The molecular formula is C4H7F4NaO5S. The van der Waals surface area contributed by atoms with Crippen LogP contribution in [0, 0.1) is 0 Å². The quantitative estimate of drug-likeness (QED) is 0.416. The first-order chi connectivity index (χ1) is 6.28. The molecule has 11 heteroatoms. The molecule has 0 radical (unpaired) electrons. The van der Waals surface area contributed by atoms with Crippen LogP contribution in [0.3, 0.4) is 0 Å². The van der Waals surface area contributed by atoms with Crippen LogP contribution in [0.25, 0.3) is 0 Å². The van der Waals surface area contributed by atoms with Crippen molar-refractivity contribution in [3.63, 3.8) is 0 Å². The summed E-state index contributed by atoms with van der Waals surface area (Å²) in [5, 5.41) is 8.04. The molecule has 1 unspecified atom stereocenters. The molecule has 1 N–H and O–H groups in total. The van der Waals surface area contributed by atoms with Gasteiger partial charge in [0.25, 0.3) is 0 Å². The zero-order valence-corrected chi connectivity index (χ0v) is 10.3. The van der Waals surface area contributed by atoms with Crippen molar-refractivity contribution >= 4 is 10.1 Å². The Balaban J connectivity index is -0.000000845. The second-order valence-corrected chi connectivity index (χ2v) is 3.53. The van der Waals surface area contributed by atoms with Crippen LogP contribution < -0.4 is 29.6 Å². The van der Waals surface area contributed by atoms with Crippen LogP contribution in [0.2, 0.25) is 0 Å². The SMILES string of the molecule is O=S(=O)(OF)C(F)C(F)(F)OCCO.[H-].[Na+]. The van der Waals surface area contributed by atoms with Crippen LogP contribution >= 0.6 is 0 Å². The number of ether oxygens (including phenoxy) is 1. The average Bonchev–Trinajstić information content (AvgIpc) is 2.13. The van der Waals surface area contributed by atoms with E-state index in [9.17, 15) is 26.1 Å². The van der Waals surface area contributed by atoms with E-state index in [1.165, 1.54) is 0 Å². The maximum Gasteiger partial charge on any atom is 1.00 e. The van der Waals surface area contributed by atoms with Crippen molar-refractivity contribution in [2.45, 2.75) is 11.6 Å². The van der Waals surface area contributed by atoms with Gasteiger partial charge in [-0.05, 0) is 4.53 Å². The molecule has 0 aliphatic heterocycles. The summed E-state index contributed by atoms with van der Waals surface area (Å²) in [4.78, 5) is 0. The molecule has 0 aliphatic carbocycles. The molecule has 0 aromatic heterocycles. The number of rotatable bonds is 6. The predicted octanol–water partition coefficient (Wildman–Crippen LogP) is -2.77. The molecule has 0 fully saturated rings. The van der Waals surface area contributed by atoms with Crippen LogP contribution in [0.15, 0.2) is 0 Å². The van der Waals surface area contributed by atoms with E-state index in [0.717, 1.165) is 0 Å². The minimum atomic E-state index is -5.68. The smallest absolute Gasteiger partial charge is 1.00 e. The second kappa shape index (κ2) is 6.99. The van der Waals surface area contributed by atoms with Crippen LogP contribution in [-0.2, 0) is 19.2 Å². The summed E-state index contributed by atoms with van der Waals surface area (Å²) in [6.45, 7) is -1.88. The Kier molecular flexibility index (Phi) is 8.35. The van der Waals surface area contributed by atoms with E-state index >= 15 is 0 Å².